The summed E-state index contributed by atoms with van der Waals surface area (Å²) in [6, 6.07) is 22.3. The first-order chi connectivity index (χ1) is 17.0. The summed E-state index contributed by atoms with van der Waals surface area (Å²) in [5, 5.41) is 16.0. The van der Waals surface area contributed by atoms with Crippen molar-refractivity contribution in [1.82, 2.24) is 20.1 Å². The van der Waals surface area contributed by atoms with Crippen LogP contribution in [-0.4, -0.2) is 27.9 Å². The topological polar surface area (TPSA) is 81.1 Å². The van der Waals surface area contributed by atoms with Gasteiger partial charge in [-0.3, -0.25) is 4.57 Å². The first kappa shape index (κ1) is 24.6. The van der Waals surface area contributed by atoms with E-state index in [0.717, 1.165) is 17.0 Å². The number of halogens is 1. The molecule has 4 aromatic rings. The van der Waals surface area contributed by atoms with E-state index < -0.39 is 6.04 Å². The first-order valence-corrected chi connectivity index (χ1v) is 12.4. The molecule has 4 rings (SSSR count). The molecule has 9 heteroatoms. The van der Waals surface area contributed by atoms with Gasteiger partial charge < -0.3 is 15.4 Å². The average Bonchev–Trinajstić information content (AvgIpc) is 3.29. The molecule has 0 radical (unpaired) electrons. The number of aryl methyl sites for hydroxylation is 1. The summed E-state index contributed by atoms with van der Waals surface area (Å²) >= 11 is 7.92. The van der Waals surface area contributed by atoms with E-state index in [0.29, 0.717) is 27.4 Å². The smallest absolute Gasteiger partial charge is 0.319 e. The highest BCUT2D eigenvalue weighted by Gasteiger charge is 2.22. The molecule has 2 N–H and O–H groups in total. The molecule has 1 aromatic heterocycles. The standard InChI is InChI=1S/C26H26ClN5O2S/c1-17-13-14-20(27)15-22(17)32-24(30-31-26(32)35-16-19-9-5-4-6-10-19)18(2)28-25(33)29-21-11-7-8-12-23(21)34-3/h4-15,18H,16H2,1-3H3,(H2,28,29,33). The van der Waals surface area contributed by atoms with E-state index in [1.54, 1.807) is 31.0 Å². The van der Waals surface area contributed by atoms with Crippen LogP contribution in [0.3, 0.4) is 0 Å². The third kappa shape index (κ3) is 5.96. The number of methoxy groups -OCH3 is 1. The molecular formula is C26H26ClN5O2S. The van der Waals surface area contributed by atoms with Crippen molar-refractivity contribution in [3.8, 4) is 11.4 Å². The summed E-state index contributed by atoms with van der Waals surface area (Å²) in [5.74, 6) is 1.91. The van der Waals surface area contributed by atoms with Crippen molar-refractivity contribution in [3.05, 3.63) is 94.8 Å². The second kappa shape index (κ2) is 11.3. The molecule has 180 valence electrons. The highest BCUT2D eigenvalue weighted by molar-refractivity contribution is 7.98. The van der Waals surface area contributed by atoms with Crippen molar-refractivity contribution in [3.63, 3.8) is 0 Å². The number of benzene rings is 3. The molecule has 0 saturated heterocycles. The van der Waals surface area contributed by atoms with Gasteiger partial charge in [0.25, 0.3) is 0 Å². The number of rotatable bonds is 8. The van der Waals surface area contributed by atoms with Crippen molar-refractivity contribution in [2.24, 2.45) is 0 Å². The number of nitrogens with one attached hydrogen (secondary N) is 2. The van der Waals surface area contributed by atoms with Gasteiger partial charge in [-0.1, -0.05) is 71.9 Å². The molecule has 0 fully saturated rings. The summed E-state index contributed by atoms with van der Waals surface area (Å²) in [5.41, 5.74) is 3.64. The third-order valence-corrected chi connectivity index (χ3v) is 6.61. The monoisotopic (exact) mass is 507 g/mol. The van der Waals surface area contributed by atoms with E-state index in [1.165, 1.54) is 5.56 Å². The summed E-state index contributed by atoms with van der Waals surface area (Å²) in [4.78, 5) is 12.8. The Bertz CT molecular complexity index is 1310. The van der Waals surface area contributed by atoms with E-state index in [1.807, 2.05) is 66.9 Å². The Kier molecular flexibility index (Phi) is 7.94. The number of para-hydroxylation sites is 2. The van der Waals surface area contributed by atoms with Crippen LogP contribution in [0.25, 0.3) is 5.69 Å². The van der Waals surface area contributed by atoms with Crippen LogP contribution in [0.5, 0.6) is 5.75 Å². The van der Waals surface area contributed by atoms with Gasteiger partial charge in [-0.25, -0.2) is 4.79 Å². The molecule has 0 saturated carbocycles. The number of carbonyl (C=O) groups is 1. The Morgan fingerprint density at radius 2 is 1.83 bits per heavy atom. The number of hydrogen-bond donors (Lipinski definition) is 2. The number of carbonyl (C=O) groups excluding carboxylic acids is 1. The number of aromatic nitrogens is 3. The minimum absolute atomic E-state index is 0.377. The molecule has 0 aliphatic carbocycles. The Morgan fingerprint density at radius 1 is 1.09 bits per heavy atom. The molecule has 0 spiro atoms. The molecule has 0 aliphatic rings. The van der Waals surface area contributed by atoms with E-state index in [9.17, 15) is 4.79 Å². The van der Waals surface area contributed by atoms with Gasteiger partial charge >= 0.3 is 6.03 Å². The number of urea groups is 1. The minimum atomic E-state index is -0.443. The highest BCUT2D eigenvalue weighted by atomic mass is 35.5. The fourth-order valence-corrected chi connectivity index (χ4v) is 4.67. The van der Waals surface area contributed by atoms with Crippen LogP contribution < -0.4 is 15.4 Å². The van der Waals surface area contributed by atoms with Crippen LogP contribution >= 0.6 is 23.4 Å². The van der Waals surface area contributed by atoms with Gasteiger partial charge in [0.05, 0.1) is 24.5 Å². The number of amides is 2. The van der Waals surface area contributed by atoms with E-state index in [-0.39, 0.29) is 6.03 Å². The normalized spacial score (nSPS) is 11.7. The number of thioether (sulfide) groups is 1. The lowest BCUT2D eigenvalue weighted by atomic mass is 10.2. The molecule has 1 atom stereocenters. The zero-order valence-electron chi connectivity index (χ0n) is 19.7. The summed E-state index contributed by atoms with van der Waals surface area (Å²) in [6.45, 7) is 3.88. The second-order valence-electron chi connectivity index (χ2n) is 7.90. The molecule has 3 aromatic carbocycles. The fourth-order valence-electron chi connectivity index (χ4n) is 3.59. The average molecular weight is 508 g/mol. The molecular weight excluding hydrogens is 482 g/mol. The van der Waals surface area contributed by atoms with Crippen molar-refractivity contribution >= 4 is 35.1 Å². The van der Waals surface area contributed by atoms with Gasteiger partial charge in [0, 0.05) is 10.8 Å². The Balaban J connectivity index is 1.61. The predicted molar refractivity (Wildman–Crippen MR) is 141 cm³/mol. The number of ether oxygens (including phenoxy) is 1. The molecule has 0 aliphatic heterocycles. The predicted octanol–water partition coefficient (Wildman–Crippen LogP) is 6.41. The molecule has 35 heavy (non-hydrogen) atoms. The maximum absolute atomic E-state index is 12.8. The number of nitrogens with zero attached hydrogens (tertiary/aromatic N) is 3. The van der Waals surface area contributed by atoms with Gasteiger partial charge in [0.2, 0.25) is 0 Å². The van der Waals surface area contributed by atoms with Crippen molar-refractivity contribution < 1.29 is 9.53 Å². The molecule has 1 heterocycles. The lowest BCUT2D eigenvalue weighted by molar-refractivity contribution is 0.248. The van der Waals surface area contributed by atoms with Crippen molar-refractivity contribution in [2.45, 2.75) is 30.8 Å². The number of hydrogen-bond acceptors (Lipinski definition) is 5. The zero-order valence-corrected chi connectivity index (χ0v) is 21.2. The lowest BCUT2D eigenvalue weighted by Gasteiger charge is -2.18. The van der Waals surface area contributed by atoms with E-state index >= 15 is 0 Å². The van der Waals surface area contributed by atoms with Crippen LogP contribution in [0.15, 0.2) is 78.0 Å². The van der Waals surface area contributed by atoms with Gasteiger partial charge in [-0.15, -0.1) is 10.2 Å². The van der Waals surface area contributed by atoms with Crippen LogP contribution in [0.1, 0.15) is 29.9 Å². The zero-order chi connectivity index (χ0) is 24.8. The van der Waals surface area contributed by atoms with Crippen LogP contribution in [-0.2, 0) is 5.75 Å². The Morgan fingerprint density at radius 3 is 2.60 bits per heavy atom. The Labute approximate surface area is 213 Å². The largest absolute Gasteiger partial charge is 0.495 e. The maximum Gasteiger partial charge on any atom is 0.319 e. The lowest BCUT2D eigenvalue weighted by Crippen LogP contribution is -2.32. The molecule has 2 amide bonds. The van der Waals surface area contributed by atoms with Crippen LogP contribution in [0.4, 0.5) is 10.5 Å². The van der Waals surface area contributed by atoms with Crippen molar-refractivity contribution in [1.29, 1.82) is 0 Å². The van der Waals surface area contributed by atoms with E-state index in [4.69, 9.17) is 16.3 Å². The van der Waals surface area contributed by atoms with Gasteiger partial charge in [-0.05, 0) is 49.2 Å². The maximum atomic E-state index is 12.8. The summed E-state index contributed by atoms with van der Waals surface area (Å²) in [6.07, 6.45) is 0. The molecule has 1 unspecified atom stereocenters. The quantitative estimate of drug-likeness (QED) is 0.269. The van der Waals surface area contributed by atoms with Gasteiger partial charge in [0.15, 0.2) is 11.0 Å². The van der Waals surface area contributed by atoms with E-state index in [2.05, 4.69) is 33.0 Å². The summed E-state index contributed by atoms with van der Waals surface area (Å²) < 4.78 is 7.28. The van der Waals surface area contributed by atoms with Crippen molar-refractivity contribution in [2.75, 3.05) is 12.4 Å². The van der Waals surface area contributed by atoms with Gasteiger partial charge in [-0.2, -0.15) is 0 Å². The van der Waals surface area contributed by atoms with Crippen LogP contribution in [0.2, 0.25) is 5.02 Å². The minimum Gasteiger partial charge on any atom is -0.495 e. The Hall–Kier alpha value is -3.49. The second-order valence-corrected chi connectivity index (χ2v) is 9.28. The first-order valence-electron chi connectivity index (χ1n) is 11.1. The number of anilines is 1. The fraction of sp³-hybridized carbons (Fsp3) is 0.192. The van der Waals surface area contributed by atoms with Gasteiger partial charge in [0.1, 0.15) is 5.75 Å². The molecule has 7 nitrogen and oxygen atoms in total. The third-order valence-electron chi connectivity index (χ3n) is 5.37. The molecule has 0 bridgehead atoms. The summed E-state index contributed by atoms with van der Waals surface area (Å²) in [7, 11) is 1.56. The van der Waals surface area contributed by atoms with Crippen LogP contribution in [0, 0.1) is 6.92 Å². The highest BCUT2D eigenvalue weighted by Crippen LogP contribution is 2.30. The SMILES string of the molecule is COc1ccccc1NC(=O)NC(C)c1nnc(SCc2ccccc2)n1-c1cc(Cl)ccc1C.